The predicted molar refractivity (Wildman–Crippen MR) is 139 cm³/mol. The molecule has 0 fully saturated rings. The fraction of sp³-hybridized carbons (Fsp3) is 0.276. The molecule has 0 saturated heterocycles. The van der Waals surface area contributed by atoms with E-state index in [1.807, 2.05) is 84.3 Å². The maximum absolute atomic E-state index is 13.8. The molecule has 0 atom stereocenters. The van der Waals surface area contributed by atoms with E-state index in [9.17, 15) is 9.59 Å². The van der Waals surface area contributed by atoms with E-state index < -0.39 is 5.92 Å². The quantitative estimate of drug-likeness (QED) is 0.240. The van der Waals surface area contributed by atoms with Gasteiger partial charge in [0.25, 0.3) is 0 Å². The average Bonchev–Trinajstić information content (AvgIpc) is 3.60. The second-order valence-corrected chi connectivity index (χ2v) is 9.74. The minimum atomic E-state index is -0.848. The molecule has 0 radical (unpaired) electrons. The first-order chi connectivity index (χ1) is 17.8. The van der Waals surface area contributed by atoms with Gasteiger partial charge in [0.05, 0.1) is 26.6 Å². The maximum atomic E-state index is 13.8. The Balaban J connectivity index is 1.37. The van der Waals surface area contributed by atoms with Gasteiger partial charge in [-0.1, -0.05) is 12.1 Å². The normalized spacial score (nSPS) is 11.5. The number of hydrogen-bond acceptors (Lipinski definition) is 4. The van der Waals surface area contributed by atoms with Gasteiger partial charge in [-0.15, -0.1) is 0 Å². The molecule has 8 nitrogen and oxygen atoms in total. The SMILES string of the molecule is CN(Cc1ccc2occc2c1)C(=O)C(Cc1c[n+](C)cn1C)C(=O)N(C)Cc1ccc2occc2c1. The summed E-state index contributed by atoms with van der Waals surface area (Å²) in [6.45, 7) is 0.789. The van der Waals surface area contributed by atoms with E-state index in [1.54, 1.807) is 36.4 Å². The van der Waals surface area contributed by atoms with Crippen LogP contribution in [-0.4, -0.2) is 40.3 Å². The molecule has 8 heteroatoms. The van der Waals surface area contributed by atoms with Gasteiger partial charge < -0.3 is 18.6 Å². The number of carbonyl (C=O) groups is 2. The Labute approximate surface area is 215 Å². The van der Waals surface area contributed by atoms with Crippen molar-refractivity contribution in [1.82, 2.24) is 14.4 Å². The first-order valence-electron chi connectivity index (χ1n) is 12.2. The molecular weight excluding hydrogens is 468 g/mol. The summed E-state index contributed by atoms with van der Waals surface area (Å²) >= 11 is 0. The zero-order valence-electron chi connectivity index (χ0n) is 21.5. The highest BCUT2D eigenvalue weighted by molar-refractivity contribution is 6.00. The zero-order valence-corrected chi connectivity index (χ0v) is 21.5. The molecule has 0 saturated carbocycles. The number of benzene rings is 2. The molecular formula is C29H31N4O4+. The van der Waals surface area contributed by atoms with Gasteiger partial charge in [-0.2, -0.15) is 0 Å². The Morgan fingerprint density at radius 3 is 1.84 bits per heavy atom. The Bertz CT molecular complexity index is 1480. The van der Waals surface area contributed by atoms with E-state index in [0.29, 0.717) is 19.5 Å². The molecule has 3 aromatic heterocycles. The van der Waals surface area contributed by atoms with Crippen molar-refractivity contribution >= 4 is 33.8 Å². The molecule has 0 bridgehead atoms. The number of aryl methyl sites for hydroxylation is 2. The number of imidazole rings is 1. The smallest absolute Gasteiger partial charge is 0.243 e. The monoisotopic (exact) mass is 499 g/mol. The number of amides is 2. The molecule has 0 aliphatic carbocycles. The minimum Gasteiger partial charge on any atom is -0.464 e. The largest absolute Gasteiger partial charge is 0.464 e. The number of aromatic nitrogens is 2. The first-order valence-corrected chi connectivity index (χ1v) is 12.2. The lowest BCUT2D eigenvalue weighted by Crippen LogP contribution is -2.43. The molecule has 0 aliphatic heterocycles. The second-order valence-electron chi connectivity index (χ2n) is 9.74. The molecule has 37 heavy (non-hydrogen) atoms. The third kappa shape index (κ3) is 5.14. The van der Waals surface area contributed by atoms with E-state index in [4.69, 9.17) is 8.83 Å². The lowest BCUT2D eigenvalue weighted by molar-refractivity contribution is -0.671. The van der Waals surface area contributed by atoms with Crippen LogP contribution in [0.25, 0.3) is 21.9 Å². The van der Waals surface area contributed by atoms with Crippen LogP contribution in [0, 0.1) is 5.92 Å². The molecule has 5 aromatic rings. The average molecular weight is 500 g/mol. The minimum absolute atomic E-state index is 0.210. The van der Waals surface area contributed by atoms with Crippen LogP contribution in [0.5, 0.6) is 0 Å². The lowest BCUT2D eigenvalue weighted by Gasteiger charge is -2.27. The number of fused-ring (bicyclic) bond motifs is 2. The maximum Gasteiger partial charge on any atom is 0.243 e. The first kappa shape index (κ1) is 24.4. The highest BCUT2D eigenvalue weighted by atomic mass is 16.3. The van der Waals surface area contributed by atoms with Crippen molar-refractivity contribution in [1.29, 1.82) is 0 Å². The highest BCUT2D eigenvalue weighted by Crippen LogP contribution is 2.22. The summed E-state index contributed by atoms with van der Waals surface area (Å²) in [6.07, 6.45) is 7.49. The zero-order chi connectivity index (χ0) is 26.1. The fourth-order valence-electron chi connectivity index (χ4n) is 4.86. The van der Waals surface area contributed by atoms with E-state index in [1.165, 1.54) is 0 Å². The van der Waals surface area contributed by atoms with Crippen LogP contribution in [-0.2, 0) is 43.2 Å². The van der Waals surface area contributed by atoms with Crippen molar-refractivity contribution in [2.75, 3.05) is 14.1 Å². The van der Waals surface area contributed by atoms with Crippen LogP contribution in [0.1, 0.15) is 16.8 Å². The fourth-order valence-corrected chi connectivity index (χ4v) is 4.86. The van der Waals surface area contributed by atoms with Gasteiger partial charge in [-0.3, -0.25) is 9.59 Å². The molecule has 2 amide bonds. The van der Waals surface area contributed by atoms with Crippen LogP contribution in [0.2, 0.25) is 0 Å². The van der Waals surface area contributed by atoms with Crippen molar-refractivity contribution in [2.24, 2.45) is 20.0 Å². The molecule has 190 valence electrons. The van der Waals surface area contributed by atoms with E-state index in [2.05, 4.69) is 0 Å². The van der Waals surface area contributed by atoms with Gasteiger partial charge in [0.15, 0.2) is 0 Å². The molecule has 0 unspecified atom stereocenters. The van der Waals surface area contributed by atoms with Crippen molar-refractivity contribution < 1.29 is 23.0 Å². The molecule has 5 rings (SSSR count). The van der Waals surface area contributed by atoms with Gasteiger partial charge in [0.2, 0.25) is 18.1 Å². The van der Waals surface area contributed by atoms with Gasteiger partial charge in [-0.05, 0) is 47.5 Å². The Kier molecular flexibility index (Phi) is 6.56. The number of rotatable bonds is 8. The number of furan rings is 2. The van der Waals surface area contributed by atoms with Crippen LogP contribution in [0.4, 0.5) is 0 Å². The van der Waals surface area contributed by atoms with Crippen molar-refractivity contribution in [3.63, 3.8) is 0 Å². The van der Waals surface area contributed by atoms with E-state index in [-0.39, 0.29) is 11.8 Å². The number of carbonyl (C=O) groups excluding carboxylic acids is 2. The van der Waals surface area contributed by atoms with Gasteiger partial charge in [0, 0.05) is 44.4 Å². The summed E-state index contributed by atoms with van der Waals surface area (Å²) in [5, 5.41) is 1.97. The van der Waals surface area contributed by atoms with Crippen LogP contribution in [0.3, 0.4) is 0 Å². The summed E-state index contributed by atoms with van der Waals surface area (Å²) < 4.78 is 14.7. The van der Waals surface area contributed by atoms with Crippen LogP contribution >= 0.6 is 0 Å². The Hall–Kier alpha value is -4.33. The molecule has 3 heterocycles. The van der Waals surface area contributed by atoms with Crippen LogP contribution in [0.15, 0.2) is 82.4 Å². The topological polar surface area (TPSA) is 75.7 Å². The number of hydrogen-bond donors (Lipinski definition) is 0. The van der Waals surface area contributed by atoms with Crippen molar-refractivity contribution in [2.45, 2.75) is 19.5 Å². The highest BCUT2D eigenvalue weighted by Gasteiger charge is 2.34. The summed E-state index contributed by atoms with van der Waals surface area (Å²) in [5.74, 6) is -1.27. The second kappa shape index (κ2) is 9.97. The standard InChI is InChI=1S/C29H31N4O4/c1-30-18-24(33(4)19-30)15-25(28(34)31(2)16-20-5-7-26-22(13-20)9-11-36-26)29(35)32(3)17-21-6-8-27-23(14-21)10-12-37-27/h5-14,18-19,25H,15-17H2,1-4H3/q+1. The summed E-state index contributed by atoms with van der Waals surface area (Å²) in [6, 6.07) is 15.5. The molecule has 0 spiro atoms. The molecule has 0 aliphatic rings. The van der Waals surface area contributed by atoms with Crippen molar-refractivity contribution in [3.8, 4) is 0 Å². The van der Waals surface area contributed by atoms with E-state index >= 15 is 0 Å². The molecule has 0 N–H and O–H groups in total. The Morgan fingerprint density at radius 1 is 0.865 bits per heavy atom. The van der Waals surface area contributed by atoms with E-state index in [0.717, 1.165) is 38.8 Å². The Morgan fingerprint density at radius 2 is 1.38 bits per heavy atom. The number of nitrogens with zero attached hydrogens (tertiary/aromatic N) is 4. The van der Waals surface area contributed by atoms with Gasteiger partial charge in [-0.25, -0.2) is 9.13 Å². The van der Waals surface area contributed by atoms with Crippen molar-refractivity contribution in [3.05, 3.63) is 90.4 Å². The predicted octanol–water partition coefficient (Wildman–Crippen LogP) is 3.82. The summed E-state index contributed by atoms with van der Waals surface area (Å²) in [7, 11) is 7.35. The van der Waals surface area contributed by atoms with Gasteiger partial charge in [0.1, 0.15) is 29.0 Å². The third-order valence-electron chi connectivity index (χ3n) is 6.80. The summed E-state index contributed by atoms with van der Waals surface area (Å²) in [4.78, 5) is 30.8. The molecule has 2 aromatic carbocycles. The van der Waals surface area contributed by atoms with Gasteiger partial charge >= 0.3 is 0 Å². The third-order valence-corrected chi connectivity index (χ3v) is 6.80. The summed E-state index contributed by atoms with van der Waals surface area (Å²) in [5.41, 5.74) is 4.47. The lowest BCUT2D eigenvalue weighted by atomic mass is 9.99. The van der Waals surface area contributed by atoms with Crippen LogP contribution < -0.4 is 4.57 Å².